The molecule has 110 valence electrons. The Morgan fingerprint density at radius 2 is 2.10 bits per heavy atom. The molecule has 1 aliphatic rings. The number of piperidine rings is 1. The number of halogens is 1. The van der Waals surface area contributed by atoms with Gasteiger partial charge in [-0.05, 0) is 25.0 Å². The summed E-state index contributed by atoms with van der Waals surface area (Å²) in [5.74, 6) is -1.16. The first-order chi connectivity index (χ1) is 10.1. The van der Waals surface area contributed by atoms with Crippen LogP contribution in [0.1, 0.15) is 29.2 Å². The van der Waals surface area contributed by atoms with Crippen molar-refractivity contribution in [3.63, 3.8) is 0 Å². The molecular formula is C14H15FN4O2. The highest BCUT2D eigenvalue weighted by Gasteiger charge is 2.26. The first kappa shape index (κ1) is 13.5. The van der Waals surface area contributed by atoms with E-state index in [9.17, 15) is 14.3 Å². The summed E-state index contributed by atoms with van der Waals surface area (Å²) in [4.78, 5) is 14.0. The number of rotatable bonds is 2. The van der Waals surface area contributed by atoms with Crippen LogP contribution in [0.25, 0.3) is 0 Å². The average molecular weight is 290 g/mol. The molecule has 6 nitrogen and oxygen atoms in total. The summed E-state index contributed by atoms with van der Waals surface area (Å²) >= 11 is 0. The molecule has 1 aliphatic heterocycles. The second-order valence-corrected chi connectivity index (χ2v) is 5.07. The van der Waals surface area contributed by atoms with Crippen LogP contribution in [-0.4, -0.2) is 44.0 Å². The van der Waals surface area contributed by atoms with Crippen LogP contribution in [0.4, 0.5) is 4.39 Å². The monoisotopic (exact) mass is 290 g/mol. The van der Waals surface area contributed by atoms with E-state index in [1.54, 1.807) is 15.8 Å². The number of phenolic OH excluding ortho intramolecular Hbond substituents is 1. The molecule has 0 aliphatic carbocycles. The van der Waals surface area contributed by atoms with Crippen molar-refractivity contribution in [2.24, 2.45) is 0 Å². The van der Waals surface area contributed by atoms with Gasteiger partial charge in [0.05, 0.1) is 17.8 Å². The number of phenols is 1. The maximum Gasteiger partial charge on any atom is 0.257 e. The molecule has 1 saturated heterocycles. The molecule has 0 atom stereocenters. The molecule has 0 bridgehead atoms. The van der Waals surface area contributed by atoms with Crippen molar-refractivity contribution < 1.29 is 14.3 Å². The van der Waals surface area contributed by atoms with E-state index in [1.165, 1.54) is 12.1 Å². The second kappa shape index (κ2) is 5.51. The van der Waals surface area contributed by atoms with Crippen molar-refractivity contribution in [2.75, 3.05) is 13.1 Å². The SMILES string of the molecule is O=C(c1ccc(F)cc1O)N1CCC(n2ccnn2)CC1. The maximum atomic E-state index is 13.0. The minimum absolute atomic E-state index is 0.135. The quantitative estimate of drug-likeness (QED) is 0.912. The van der Waals surface area contributed by atoms with E-state index < -0.39 is 5.82 Å². The average Bonchev–Trinajstić information content (AvgIpc) is 3.01. The second-order valence-electron chi connectivity index (χ2n) is 5.07. The predicted molar refractivity (Wildman–Crippen MR) is 72.3 cm³/mol. The number of benzene rings is 1. The number of hydrogen-bond acceptors (Lipinski definition) is 4. The Morgan fingerprint density at radius 3 is 2.71 bits per heavy atom. The summed E-state index contributed by atoms with van der Waals surface area (Å²) in [6.07, 6.45) is 5.00. The highest BCUT2D eigenvalue weighted by Crippen LogP contribution is 2.25. The van der Waals surface area contributed by atoms with Crippen LogP contribution in [0.2, 0.25) is 0 Å². The van der Waals surface area contributed by atoms with E-state index in [0.717, 1.165) is 18.9 Å². The Kier molecular flexibility index (Phi) is 3.55. The Balaban J connectivity index is 1.67. The van der Waals surface area contributed by atoms with Gasteiger partial charge in [-0.15, -0.1) is 5.10 Å². The molecular weight excluding hydrogens is 275 g/mol. The number of amides is 1. The van der Waals surface area contributed by atoms with Gasteiger partial charge in [0.2, 0.25) is 0 Å². The van der Waals surface area contributed by atoms with Crippen LogP contribution in [0.15, 0.2) is 30.6 Å². The third-order valence-corrected chi connectivity index (χ3v) is 3.76. The number of carbonyl (C=O) groups is 1. The van der Waals surface area contributed by atoms with Crippen molar-refractivity contribution in [2.45, 2.75) is 18.9 Å². The molecule has 7 heteroatoms. The normalized spacial score (nSPS) is 16.1. The van der Waals surface area contributed by atoms with Gasteiger partial charge in [0, 0.05) is 25.4 Å². The first-order valence-electron chi connectivity index (χ1n) is 6.79. The lowest BCUT2D eigenvalue weighted by atomic mass is 10.0. The Morgan fingerprint density at radius 1 is 1.33 bits per heavy atom. The van der Waals surface area contributed by atoms with E-state index in [-0.39, 0.29) is 23.3 Å². The summed E-state index contributed by atoms with van der Waals surface area (Å²) in [6.45, 7) is 1.14. The van der Waals surface area contributed by atoms with Gasteiger partial charge in [-0.1, -0.05) is 5.21 Å². The molecule has 0 spiro atoms. The molecule has 2 aromatic rings. The smallest absolute Gasteiger partial charge is 0.257 e. The molecule has 0 saturated carbocycles. The molecule has 1 N–H and O–H groups in total. The minimum Gasteiger partial charge on any atom is -0.507 e. The van der Waals surface area contributed by atoms with E-state index in [4.69, 9.17) is 0 Å². The Bertz CT molecular complexity index is 636. The van der Waals surface area contributed by atoms with Crippen molar-refractivity contribution in [1.29, 1.82) is 0 Å². The number of hydrogen-bond donors (Lipinski definition) is 1. The van der Waals surface area contributed by atoms with Crippen molar-refractivity contribution >= 4 is 5.91 Å². The zero-order valence-electron chi connectivity index (χ0n) is 11.3. The third kappa shape index (κ3) is 2.72. The van der Waals surface area contributed by atoms with Gasteiger partial charge < -0.3 is 10.0 Å². The van der Waals surface area contributed by atoms with Gasteiger partial charge in [0.1, 0.15) is 11.6 Å². The summed E-state index contributed by atoms with van der Waals surface area (Å²) in [5.41, 5.74) is 0.135. The lowest BCUT2D eigenvalue weighted by Crippen LogP contribution is -2.39. The number of aromatic nitrogens is 3. The molecule has 1 fully saturated rings. The fraction of sp³-hybridized carbons (Fsp3) is 0.357. The van der Waals surface area contributed by atoms with Crippen molar-refractivity contribution in [3.05, 3.63) is 42.0 Å². The number of carbonyl (C=O) groups excluding carboxylic acids is 1. The standard InChI is InChI=1S/C14H15FN4O2/c15-10-1-2-12(13(20)9-10)14(21)18-6-3-11(4-7-18)19-8-5-16-17-19/h1-2,5,8-9,11,20H,3-4,6-7H2. The van der Waals surface area contributed by atoms with E-state index in [2.05, 4.69) is 10.3 Å². The largest absolute Gasteiger partial charge is 0.507 e. The third-order valence-electron chi connectivity index (χ3n) is 3.76. The van der Waals surface area contributed by atoms with E-state index >= 15 is 0 Å². The summed E-state index contributed by atoms with van der Waals surface area (Å²) in [6, 6.07) is 3.68. The molecule has 1 aromatic heterocycles. The van der Waals surface area contributed by atoms with Gasteiger partial charge in [-0.25, -0.2) is 9.07 Å². The molecule has 1 amide bonds. The van der Waals surface area contributed by atoms with Gasteiger partial charge in [0.25, 0.3) is 5.91 Å². The number of aromatic hydroxyl groups is 1. The molecule has 21 heavy (non-hydrogen) atoms. The molecule has 3 rings (SSSR count). The van der Waals surface area contributed by atoms with Gasteiger partial charge in [-0.2, -0.15) is 0 Å². The topological polar surface area (TPSA) is 71.2 Å². The predicted octanol–water partition coefficient (Wildman–Crippen LogP) is 1.60. The van der Waals surface area contributed by atoms with Crippen LogP contribution in [0.5, 0.6) is 5.75 Å². The van der Waals surface area contributed by atoms with Crippen LogP contribution in [0, 0.1) is 5.82 Å². The highest BCUT2D eigenvalue weighted by atomic mass is 19.1. The van der Waals surface area contributed by atoms with Crippen molar-refractivity contribution in [3.8, 4) is 5.75 Å². The summed E-state index contributed by atoms with van der Waals surface area (Å²) in [5, 5.41) is 17.4. The number of nitrogens with zero attached hydrogens (tertiary/aromatic N) is 4. The van der Waals surface area contributed by atoms with Crippen molar-refractivity contribution in [1.82, 2.24) is 19.9 Å². The fourth-order valence-corrected chi connectivity index (χ4v) is 2.60. The van der Waals surface area contributed by atoms with E-state index in [0.29, 0.717) is 13.1 Å². The van der Waals surface area contributed by atoms with Crippen LogP contribution in [-0.2, 0) is 0 Å². The zero-order valence-corrected chi connectivity index (χ0v) is 11.3. The molecule has 1 aromatic carbocycles. The van der Waals surface area contributed by atoms with Gasteiger partial charge in [-0.3, -0.25) is 4.79 Å². The lowest BCUT2D eigenvalue weighted by molar-refractivity contribution is 0.0686. The summed E-state index contributed by atoms with van der Waals surface area (Å²) in [7, 11) is 0. The number of likely N-dealkylation sites (tertiary alicyclic amines) is 1. The first-order valence-corrected chi connectivity index (χ1v) is 6.79. The molecule has 0 radical (unpaired) electrons. The van der Waals surface area contributed by atoms with Crippen LogP contribution < -0.4 is 0 Å². The van der Waals surface area contributed by atoms with E-state index in [1.807, 2.05) is 6.20 Å². The van der Waals surface area contributed by atoms with Crippen LogP contribution in [0.3, 0.4) is 0 Å². The fourth-order valence-electron chi connectivity index (χ4n) is 2.60. The maximum absolute atomic E-state index is 13.0. The zero-order chi connectivity index (χ0) is 14.8. The summed E-state index contributed by atoms with van der Waals surface area (Å²) < 4.78 is 14.8. The lowest BCUT2D eigenvalue weighted by Gasteiger charge is -2.32. The Hall–Kier alpha value is -2.44. The molecule has 0 unspecified atom stereocenters. The minimum atomic E-state index is -0.561. The molecule has 2 heterocycles. The van der Waals surface area contributed by atoms with Crippen LogP contribution >= 0.6 is 0 Å². The highest BCUT2D eigenvalue weighted by molar-refractivity contribution is 5.96. The van der Waals surface area contributed by atoms with Gasteiger partial charge in [0.15, 0.2) is 0 Å². The Labute approximate surface area is 120 Å². The van der Waals surface area contributed by atoms with Gasteiger partial charge >= 0.3 is 0 Å².